The topological polar surface area (TPSA) is 26.0 Å². The van der Waals surface area contributed by atoms with Crippen molar-refractivity contribution in [1.29, 1.82) is 0 Å². The molecule has 1 fully saturated rings. The minimum atomic E-state index is -0.281. The second kappa shape index (κ2) is 7.36. The molecule has 126 valence electrons. The lowest BCUT2D eigenvalue weighted by Gasteiger charge is -2.21. The summed E-state index contributed by atoms with van der Waals surface area (Å²) in [6, 6.07) is 17.6. The lowest BCUT2D eigenvalue weighted by molar-refractivity contribution is 0.443. The first kappa shape index (κ1) is 17.0. The van der Waals surface area contributed by atoms with Crippen LogP contribution in [0.25, 0.3) is 12.2 Å². The van der Waals surface area contributed by atoms with E-state index in [0.29, 0.717) is 0 Å². The second-order valence-corrected chi connectivity index (χ2v) is 7.68. The SMILES string of the molecule is CC(C)(N)c1ccc(/C=C/c2ccc(C3CCCCC3)cc2)cc1. The van der Waals surface area contributed by atoms with E-state index in [4.69, 9.17) is 5.73 Å². The maximum atomic E-state index is 6.13. The van der Waals surface area contributed by atoms with E-state index in [-0.39, 0.29) is 5.54 Å². The van der Waals surface area contributed by atoms with Gasteiger partial charge in [0.25, 0.3) is 0 Å². The standard InChI is InChI=1S/C23H29N/c1-23(2,24)22-16-12-19(13-17-22)9-8-18-10-14-21(15-11-18)20-6-4-3-5-7-20/h8-17,20H,3-7,24H2,1-2H3/b9-8+. The van der Waals surface area contributed by atoms with Crippen molar-refractivity contribution in [3.05, 3.63) is 70.8 Å². The van der Waals surface area contributed by atoms with Crippen LogP contribution in [-0.2, 0) is 5.54 Å². The van der Waals surface area contributed by atoms with Gasteiger partial charge in [-0.25, -0.2) is 0 Å². The zero-order chi connectivity index (χ0) is 17.0. The van der Waals surface area contributed by atoms with Gasteiger partial charge in [0, 0.05) is 5.54 Å². The smallest absolute Gasteiger partial charge is 0.0352 e. The molecule has 2 aromatic rings. The van der Waals surface area contributed by atoms with Crippen LogP contribution in [0.1, 0.15) is 74.1 Å². The Bertz CT molecular complexity index is 665. The molecule has 1 saturated carbocycles. The normalized spacial score (nSPS) is 16.6. The molecule has 0 aliphatic heterocycles. The van der Waals surface area contributed by atoms with Gasteiger partial charge >= 0.3 is 0 Å². The van der Waals surface area contributed by atoms with Gasteiger partial charge in [0.15, 0.2) is 0 Å². The summed E-state index contributed by atoms with van der Waals surface area (Å²) in [6.07, 6.45) is 11.3. The fourth-order valence-electron chi connectivity index (χ4n) is 3.53. The van der Waals surface area contributed by atoms with Gasteiger partial charge in [0.1, 0.15) is 0 Å². The fraction of sp³-hybridized carbons (Fsp3) is 0.391. The van der Waals surface area contributed by atoms with Crippen molar-refractivity contribution in [2.45, 2.75) is 57.4 Å². The van der Waals surface area contributed by atoms with E-state index in [1.165, 1.54) is 48.8 Å². The summed E-state index contributed by atoms with van der Waals surface area (Å²) >= 11 is 0. The van der Waals surface area contributed by atoms with Gasteiger partial charge in [-0.3, -0.25) is 0 Å². The second-order valence-electron chi connectivity index (χ2n) is 7.68. The highest BCUT2D eigenvalue weighted by Gasteiger charge is 2.15. The van der Waals surface area contributed by atoms with Gasteiger partial charge in [-0.1, -0.05) is 79.9 Å². The van der Waals surface area contributed by atoms with E-state index in [0.717, 1.165) is 11.5 Å². The van der Waals surface area contributed by atoms with Gasteiger partial charge in [-0.05, 0) is 54.9 Å². The zero-order valence-corrected chi connectivity index (χ0v) is 15.0. The summed E-state index contributed by atoms with van der Waals surface area (Å²) in [5.41, 5.74) is 11.0. The van der Waals surface area contributed by atoms with E-state index in [1.54, 1.807) is 0 Å². The molecule has 0 saturated heterocycles. The van der Waals surface area contributed by atoms with Crippen molar-refractivity contribution in [2.75, 3.05) is 0 Å². The van der Waals surface area contributed by atoms with Gasteiger partial charge in [0.05, 0.1) is 0 Å². The van der Waals surface area contributed by atoms with E-state index in [1.807, 2.05) is 13.8 Å². The lowest BCUT2D eigenvalue weighted by Crippen LogP contribution is -2.28. The largest absolute Gasteiger partial charge is 0.322 e. The van der Waals surface area contributed by atoms with Crippen molar-refractivity contribution in [3.8, 4) is 0 Å². The molecule has 0 amide bonds. The van der Waals surface area contributed by atoms with Gasteiger partial charge in [-0.15, -0.1) is 0 Å². The molecule has 24 heavy (non-hydrogen) atoms. The van der Waals surface area contributed by atoms with Gasteiger partial charge in [0.2, 0.25) is 0 Å². The molecule has 1 heteroatoms. The van der Waals surface area contributed by atoms with Crippen molar-refractivity contribution in [2.24, 2.45) is 5.73 Å². The molecule has 0 radical (unpaired) electrons. The Morgan fingerprint density at radius 1 is 0.792 bits per heavy atom. The molecule has 1 aliphatic rings. The molecule has 0 bridgehead atoms. The van der Waals surface area contributed by atoms with Gasteiger partial charge < -0.3 is 5.73 Å². The summed E-state index contributed by atoms with van der Waals surface area (Å²) in [5, 5.41) is 0. The quantitative estimate of drug-likeness (QED) is 0.677. The maximum Gasteiger partial charge on any atom is 0.0352 e. The summed E-state index contributed by atoms with van der Waals surface area (Å²) < 4.78 is 0. The average molecular weight is 319 g/mol. The third-order valence-corrected chi connectivity index (χ3v) is 5.14. The molecule has 0 atom stereocenters. The maximum absolute atomic E-state index is 6.13. The van der Waals surface area contributed by atoms with E-state index in [2.05, 4.69) is 60.7 Å². The summed E-state index contributed by atoms with van der Waals surface area (Å²) in [5.74, 6) is 0.781. The van der Waals surface area contributed by atoms with Crippen molar-refractivity contribution >= 4 is 12.2 Å². The van der Waals surface area contributed by atoms with Crippen LogP contribution >= 0.6 is 0 Å². The summed E-state index contributed by atoms with van der Waals surface area (Å²) in [4.78, 5) is 0. The molecular formula is C23H29N. The van der Waals surface area contributed by atoms with Crippen LogP contribution in [0.4, 0.5) is 0 Å². The Labute approximate surface area is 146 Å². The van der Waals surface area contributed by atoms with E-state index < -0.39 is 0 Å². The van der Waals surface area contributed by atoms with Crippen LogP contribution in [0.2, 0.25) is 0 Å². The average Bonchev–Trinajstić information content (AvgIpc) is 2.61. The molecule has 2 N–H and O–H groups in total. The Hall–Kier alpha value is -1.86. The molecule has 0 heterocycles. The lowest BCUT2D eigenvalue weighted by atomic mass is 9.84. The molecule has 0 spiro atoms. The van der Waals surface area contributed by atoms with E-state index in [9.17, 15) is 0 Å². The predicted molar refractivity (Wildman–Crippen MR) is 105 cm³/mol. The van der Waals surface area contributed by atoms with Crippen molar-refractivity contribution in [1.82, 2.24) is 0 Å². The molecule has 0 aromatic heterocycles. The summed E-state index contributed by atoms with van der Waals surface area (Å²) in [6.45, 7) is 4.07. The van der Waals surface area contributed by atoms with Crippen LogP contribution in [0, 0.1) is 0 Å². The number of benzene rings is 2. The highest BCUT2D eigenvalue weighted by molar-refractivity contribution is 5.69. The monoisotopic (exact) mass is 319 g/mol. The van der Waals surface area contributed by atoms with Crippen LogP contribution < -0.4 is 5.73 Å². The molecule has 3 rings (SSSR count). The minimum absolute atomic E-state index is 0.281. The third-order valence-electron chi connectivity index (χ3n) is 5.14. The summed E-state index contributed by atoms with van der Waals surface area (Å²) in [7, 11) is 0. The molecule has 1 nitrogen and oxygen atoms in total. The fourth-order valence-corrected chi connectivity index (χ4v) is 3.53. The number of hydrogen-bond donors (Lipinski definition) is 1. The molecule has 0 unspecified atom stereocenters. The number of rotatable bonds is 4. The first-order valence-corrected chi connectivity index (χ1v) is 9.20. The highest BCUT2D eigenvalue weighted by atomic mass is 14.7. The highest BCUT2D eigenvalue weighted by Crippen LogP contribution is 2.32. The molecule has 2 aromatic carbocycles. The number of nitrogens with two attached hydrogens (primary N) is 1. The van der Waals surface area contributed by atoms with Gasteiger partial charge in [-0.2, -0.15) is 0 Å². The number of hydrogen-bond acceptors (Lipinski definition) is 1. The van der Waals surface area contributed by atoms with Crippen LogP contribution in [0.3, 0.4) is 0 Å². The Kier molecular flexibility index (Phi) is 5.20. The first-order chi connectivity index (χ1) is 11.5. The first-order valence-electron chi connectivity index (χ1n) is 9.20. The molecule has 1 aliphatic carbocycles. The zero-order valence-electron chi connectivity index (χ0n) is 15.0. The van der Waals surface area contributed by atoms with Crippen molar-refractivity contribution < 1.29 is 0 Å². The third kappa shape index (κ3) is 4.36. The van der Waals surface area contributed by atoms with Crippen LogP contribution in [0.15, 0.2) is 48.5 Å². The van der Waals surface area contributed by atoms with E-state index >= 15 is 0 Å². The Balaban J connectivity index is 1.66. The predicted octanol–water partition coefficient (Wildman–Crippen LogP) is 6.10. The Morgan fingerprint density at radius 3 is 1.79 bits per heavy atom. The molecular weight excluding hydrogens is 290 g/mol. The minimum Gasteiger partial charge on any atom is -0.322 e. The Morgan fingerprint density at radius 2 is 1.29 bits per heavy atom. The van der Waals surface area contributed by atoms with Crippen LogP contribution in [-0.4, -0.2) is 0 Å². The van der Waals surface area contributed by atoms with Crippen molar-refractivity contribution in [3.63, 3.8) is 0 Å². The van der Waals surface area contributed by atoms with Crippen LogP contribution in [0.5, 0.6) is 0 Å².